The van der Waals surface area contributed by atoms with Gasteiger partial charge in [-0.25, -0.2) is 13.2 Å². The number of ether oxygens (including phenoxy) is 2. The normalized spacial score (nSPS) is 16.0. The van der Waals surface area contributed by atoms with E-state index in [1.54, 1.807) is 32.2 Å². The molecule has 7 nitrogen and oxygen atoms in total. The second-order valence-electron chi connectivity index (χ2n) is 5.42. The summed E-state index contributed by atoms with van der Waals surface area (Å²) in [6, 6.07) is 4.90. The van der Waals surface area contributed by atoms with E-state index in [0.717, 1.165) is 5.56 Å². The van der Waals surface area contributed by atoms with Gasteiger partial charge in [0.05, 0.1) is 18.6 Å². The second-order valence-corrected chi connectivity index (χ2v) is 7.36. The number of carbonyl (C=O) groups excluding carboxylic acids is 1. The Labute approximate surface area is 143 Å². The third-order valence-corrected chi connectivity index (χ3v) is 5.93. The minimum Gasteiger partial charge on any atom is -0.496 e. The van der Waals surface area contributed by atoms with Crippen molar-refractivity contribution < 1.29 is 22.7 Å². The Balaban J connectivity index is 2.13. The van der Waals surface area contributed by atoms with Crippen LogP contribution in [-0.4, -0.2) is 63.6 Å². The van der Waals surface area contributed by atoms with Crippen molar-refractivity contribution in [3.05, 3.63) is 23.8 Å². The highest BCUT2D eigenvalue weighted by atomic mass is 32.2. The Kier molecular flexibility index (Phi) is 6.06. The van der Waals surface area contributed by atoms with E-state index in [1.165, 1.54) is 9.21 Å². The third kappa shape index (κ3) is 3.81. The van der Waals surface area contributed by atoms with Gasteiger partial charge in [0.15, 0.2) is 0 Å². The average molecular weight is 356 g/mol. The van der Waals surface area contributed by atoms with Crippen LogP contribution < -0.4 is 4.74 Å². The summed E-state index contributed by atoms with van der Waals surface area (Å²) >= 11 is 0. The van der Waals surface area contributed by atoms with E-state index < -0.39 is 16.1 Å². The molecule has 0 aromatic heterocycles. The number of hydrogen-bond donors (Lipinski definition) is 0. The quantitative estimate of drug-likeness (QED) is 0.803. The Morgan fingerprint density at radius 1 is 1.17 bits per heavy atom. The van der Waals surface area contributed by atoms with Crippen molar-refractivity contribution in [2.45, 2.75) is 25.2 Å². The number of nitrogens with zero attached hydrogens (tertiary/aromatic N) is 2. The zero-order valence-electron chi connectivity index (χ0n) is 14.3. The maximum absolute atomic E-state index is 12.8. The molecule has 1 saturated heterocycles. The topological polar surface area (TPSA) is 76.2 Å². The molecule has 1 aliphatic rings. The van der Waals surface area contributed by atoms with Gasteiger partial charge in [-0.2, -0.15) is 4.31 Å². The molecule has 0 radical (unpaired) electrons. The summed E-state index contributed by atoms with van der Waals surface area (Å²) in [5.41, 5.74) is 0.851. The van der Waals surface area contributed by atoms with Crippen molar-refractivity contribution in [3.8, 4) is 5.75 Å². The molecule has 1 aromatic carbocycles. The molecule has 24 heavy (non-hydrogen) atoms. The average Bonchev–Trinajstić information content (AvgIpc) is 2.61. The number of methoxy groups -OCH3 is 1. The summed E-state index contributed by atoms with van der Waals surface area (Å²) in [6.07, 6.45) is 0.288. The van der Waals surface area contributed by atoms with Crippen LogP contribution in [0.3, 0.4) is 0 Å². The minimum atomic E-state index is -3.58. The number of hydrogen-bond acceptors (Lipinski definition) is 5. The molecule has 0 unspecified atom stereocenters. The van der Waals surface area contributed by atoms with Crippen molar-refractivity contribution in [2.75, 3.05) is 39.9 Å². The molecule has 0 saturated carbocycles. The van der Waals surface area contributed by atoms with E-state index >= 15 is 0 Å². The van der Waals surface area contributed by atoms with Crippen molar-refractivity contribution in [1.82, 2.24) is 9.21 Å². The smallest absolute Gasteiger partial charge is 0.409 e. The van der Waals surface area contributed by atoms with Gasteiger partial charge in [0.25, 0.3) is 0 Å². The van der Waals surface area contributed by atoms with Crippen LogP contribution in [0.1, 0.15) is 19.4 Å². The molecule has 1 amide bonds. The van der Waals surface area contributed by atoms with E-state index in [4.69, 9.17) is 9.47 Å². The lowest BCUT2D eigenvalue weighted by molar-refractivity contribution is 0.0934. The summed E-state index contributed by atoms with van der Waals surface area (Å²) in [4.78, 5) is 13.5. The summed E-state index contributed by atoms with van der Waals surface area (Å²) in [6.45, 7) is 5.18. The molecule has 0 spiro atoms. The lowest BCUT2D eigenvalue weighted by atomic mass is 10.1. The Bertz CT molecular complexity index is 682. The Hall–Kier alpha value is -1.80. The van der Waals surface area contributed by atoms with E-state index in [9.17, 15) is 13.2 Å². The van der Waals surface area contributed by atoms with Gasteiger partial charge < -0.3 is 14.4 Å². The number of sulfonamides is 1. The van der Waals surface area contributed by atoms with Crippen LogP contribution in [-0.2, 0) is 21.2 Å². The fourth-order valence-corrected chi connectivity index (χ4v) is 4.14. The van der Waals surface area contributed by atoms with E-state index in [-0.39, 0.29) is 18.0 Å². The number of rotatable bonds is 5. The summed E-state index contributed by atoms with van der Waals surface area (Å²) in [5, 5.41) is 0. The molecule has 0 atom stereocenters. The predicted molar refractivity (Wildman–Crippen MR) is 89.7 cm³/mol. The van der Waals surface area contributed by atoms with Crippen LogP contribution in [0.4, 0.5) is 4.79 Å². The molecule has 1 fully saturated rings. The van der Waals surface area contributed by atoms with Gasteiger partial charge in [-0.1, -0.05) is 6.92 Å². The summed E-state index contributed by atoms with van der Waals surface area (Å²) in [7, 11) is -2.02. The van der Waals surface area contributed by atoms with Gasteiger partial charge in [0.2, 0.25) is 10.0 Å². The Morgan fingerprint density at radius 3 is 2.38 bits per heavy atom. The lowest BCUT2D eigenvalue weighted by Crippen LogP contribution is -2.50. The first-order valence-corrected chi connectivity index (χ1v) is 9.46. The highest BCUT2D eigenvalue weighted by Gasteiger charge is 2.30. The molecular formula is C16H24N2O5S. The van der Waals surface area contributed by atoms with Gasteiger partial charge >= 0.3 is 6.09 Å². The first-order valence-electron chi connectivity index (χ1n) is 8.02. The van der Waals surface area contributed by atoms with Crippen LogP contribution >= 0.6 is 0 Å². The zero-order valence-corrected chi connectivity index (χ0v) is 15.1. The molecule has 134 valence electrons. The first kappa shape index (κ1) is 18.5. The van der Waals surface area contributed by atoms with Gasteiger partial charge in [-0.15, -0.1) is 0 Å². The molecule has 0 aliphatic carbocycles. The Morgan fingerprint density at radius 2 is 1.83 bits per heavy atom. The van der Waals surface area contributed by atoms with Crippen LogP contribution in [0.15, 0.2) is 23.1 Å². The number of carbonyl (C=O) groups is 1. The summed E-state index contributed by atoms with van der Waals surface area (Å²) in [5.74, 6) is 0.684. The van der Waals surface area contributed by atoms with E-state index in [2.05, 4.69) is 0 Å². The number of benzene rings is 1. The van der Waals surface area contributed by atoms with Crippen LogP contribution in [0, 0.1) is 0 Å². The number of aryl methyl sites for hydroxylation is 1. The van der Waals surface area contributed by atoms with Crippen molar-refractivity contribution in [1.29, 1.82) is 0 Å². The lowest BCUT2D eigenvalue weighted by Gasteiger charge is -2.33. The van der Waals surface area contributed by atoms with Gasteiger partial charge in [0.1, 0.15) is 5.75 Å². The maximum atomic E-state index is 12.8. The van der Waals surface area contributed by atoms with Crippen LogP contribution in [0.2, 0.25) is 0 Å². The van der Waals surface area contributed by atoms with Gasteiger partial charge in [-0.3, -0.25) is 0 Å². The third-order valence-electron chi connectivity index (χ3n) is 4.04. The zero-order chi connectivity index (χ0) is 17.7. The second kappa shape index (κ2) is 7.85. The predicted octanol–water partition coefficient (Wildman–Crippen LogP) is 1.72. The highest BCUT2D eigenvalue weighted by Crippen LogP contribution is 2.25. The molecule has 1 aromatic rings. The molecule has 1 heterocycles. The standard InChI is InChI=1S/C16H24N2O5S/c1-4-13-12-14(6-7-15(13)22-3)24(20,21)18-10-8-17(9-11-18)16(19)23-5-2/h6-7,12H,4-5,8-11H2,1-3H3. The van der Waals surface area contributed by atoms with Crippen LogP contribution in [0.25, 0.3) is 0 Å². The number of amides is 1. The highest BCUT2D eigenvalue weighted by molar-refractivity contribution is 7.89. The molecule has 0 bridgehead atoms. The summed E-state index contributed by atoms with van der Waals surface area (Å²) < 4.78 is 37.2. The fourth-order valence-electron chi connectivity index (χ4n) is 2.67. The monoisotopic (exact) mass is 356 g/mol. The number of piperazine rings is 1. The molecule has 1 aliphatic heterocycles. The van der Waals surface area contributed by atoms with Crippen molar-refractivity contribution in [3.63, 3.8) is 0 Å². The van der Waals surface area contributed by atoms with E-state index in [1.807, 2.05) is 6.92 Å². The van der Waals surface area contributed by atoms with Gasteiger partial charge in [-0.05, 0) is 37.1 Å². The molecule has 2 rings (SSSR count). The SMILES string of the molecule is CCOC(=O)N1CCN(S(=O)(=O)c2ccc(OC)c(CC)c2)CC1. The van der Waals surface area contributed by atoms with E-state index in [0.29, 0.717) is 31.9 Å². The molecule has 8 heteroatoms. The van der Waals surface area contributed by atoms with Crippen LogP contribution in [0.5, 0.6) is 5.75 Å². The molecular weight excluding hydrogens is 332 g/mol. The minimum absolute atomic E-state index is 0.254. The maximum Gasteiger partial charge on any atom is 0.409 e. The fraction of sp³-hybridized carbons (Fsp3) is 0.562. The van der Waals surface area contributed by atoms with Crippen molar-refractivity contribution >= 4 is 16.1 Å². The molecule has 0 N–H and O–H groups in total. The first-order chi connectivity index (χ1) is 11.4. The van der Waals surface area contributed by atoms with Gasteiger partial charge in [0, 0.05) is 26.2 Å². The van der Waals surface area contributed by atoms with Crippen molar-refractivity contribution in [2.24, 2.45) is 0 Å². The largest absolute Gasteiger partial charge is 0.496 e.